The van der Waals surface area contributed by atoms with E-state index in [0.717, 1.165) is 55.6 Å². The van der Waals surface area contributed by atoms with E-state index in [4.69, 9.17) is 14.9 Å². The van der Waals surface area contributed by atoms with Gasteiger partial charge in [-0.15, -0.1) is 11.8 Å². The number of rotatable bonds is 15. The largest absolute Gasteiger partial charge is 0.492 e. The van der Waals surface area contributed by atoms with Crippen molar-refractivity contribution in [2.75, 3.05) is 12.4 Å². The number of aliphatic carboxylic acids is 2. The quantitative estimate of drug-likeness (QED) is 0.340. The van der Waals surface area contributed by atoms with Crippen LogP contribution in [0.2, 0.25) is 0 Å². The summed E-state index contributed by atoms with van der Waals surface area (Å²) in [5.41, 5.74) is 0. The fourth-order valence-corrected chi connectivity index (χ4v) is 3.32. The number of carboxylic acid groups (broad SMARTS) is 2. The van der Waals surface area contributed by atoms with Gasteiger partial charge in [0.2, 0.25) is 0 Å². The molecule has 1 aromatic carbocycles. The second kappa shape index (κ2) is 13.6. The Morgan fingerprint density at radius 2 is 1.44 bits per heavy atom. The summed E-state index contributed by atoms with van der Waals surface area (Å²) in [6, 6.07) is 7.73. The predicted octanol–water partition coefficient (Wildman–Crippen LogP) is 4.84. The molecular formula is C19H28O5S. The van der Waals surface area contributed by atoms with Gasteiger partial charge in [0.25, 0.3) is 0 Å². The Balaban J connectivity index is 2.09. The molecule has 0 bridgehead atoms. The molecule has 0 unspecified atom stereocenters. The van der Waals surface area contributed by atoms with Gasteiger partial charge >= 0.3 is 11.9 Å². The van der Waals surface area contributed by atoms with Crippen LogP contribution < -0.4 is 4.74 Å². The summed E-state index contributed by atoms with van der Waals surface area (Å²) in [7, 11) is 0. The first-order chi connectivity index (χ1) is 12.1. The maximum absolute atomic E-state index is 10.6. The van der Waals surface area contributed by atoms with E-state index in [9.17, 15) is 9.59 Å². The molecule has 0 atom stereocenters. The first-order valence-electron chi connectivity index (χ1n) is 8.88. The molecule has 0 aliphatic rings. The summed E-state index contributed by atoms with van der Waals surface area (Å²) in [5.74, 6) is -0.128. The van der Waals surface area contributed by atoms with E-state index in [2.05, 4.69) is 0 Å². The fraction of sp³-hybridized carbons (Fsp3) is 0.579. The smallest absolute Gasteiger partial charge is 0.304 e. The van der Waals surface area contributed by atoms with E-state index in [-0.39, 0.29) is 12.8 Å². The van der Waals surface area contributed by atoms with Crippen LogP contribution in [0.25, 0.3) is 0 Å². The number of ether oxygens (including phenoxy) is 1. The van der Waals surface area contributed by atoms with Crippen LogP contribution in [0.15, 0.2) is 29.2 Å². The molecule has 1 aromatic rings. The van der Waals surface area contributed by atoms with E-state index in [1.165, 1.54) is 11.8 Å². The molecule has 140 valence electrons. The molecule has 0 aromatic heterocycles. The zero-order valence-corrected chi connectivity index (χ0v) is 15.4. The van der Waals surface area contributed by atoms with Gasteiger partial charge in [-0.2, -0.15) is 0 Å². The monoisotopic (exact) mass is 368 g/mol. The van der Waals surface area contributed by atoms with E-state index in [1.54, 1.807) is 0 Å². The molecule has 5 nitrogen and oxygen atoms in total. The lowest BCUT2D eigenvalue weighted by Gasteiger charge is -2.10. The number of unbranched alkanes of at least 4 members (excludes halogenated alkanes) is 6. The molecule has 0 saturated heterocycles. The van der Waals surface area contributed by atoms with Crippen LogP contribution in [0.3, 0.4) is 0 Å². The standard InChI is InChI=1S/C19H28O5S/c20-18(21)12-6-4-2-1-3-5-9-14-24-16-10-7-8-11-17(16)25-15-13-19(22)23/h7-8,10-11H,1-6,9,12-15H2,(H,20,21)(H,22,23). The van der Waals surface area contributed by atoms with Crippen LogP contribution in [0.4, 0.5) is 0 Å². The molecule has 1 rings (SSSR count). The zero-order valence-electron chi connectivity index (χ0n) is 14.6. The average molecular weight is 368 g/mol. The molecule has 2 N–H and O–H groups in total. The molecule has 0 amide bonds. The molecule has 25 heavy (non-hydrogen) atoms. The van der Waals surface area contributed by atoms with Gasteiger partial charge in [0.05, 0.1) is 13.0 Å². The molecule has 0 heterocycles. The maximum Gasteiger partial charge on any atom is 0.304 e. The van der Waals surface area contributed by atoms with Gasteiger partial charge in [0, 0.05) is 17.1 Å². The third kappa shape index (κ3) is 11.5. The molecule has 0 aliphatic heterocycles. The van der Waals surface area contributed by atoms with Crippen molar-refractivity contribution in [2.24, 2.45) is 0 Å². The summed E-state index contributed by atoms with van der Waals surface area (Å²) in [5, 5.41) is 17.3. The molecule has 0 fully saturated rings. The second-order valence-corrected chi connectivity index (χ2v) is 7.04. The van der Waals surface area contributed by atoms with Gasteiger partial charge in [-0.05, 0) is 25.0 Å². The first kappa shape index (κ1) is 21.4. The second-order valence-electron chi connectivity index (χ2n) is 5.91. The summed E-state index contributed by atoms with van der Waals surface area (Å²) in [4.78, 5) is 22.0. The topological polar surface area (TPSA) is 83.8 Å². The highest BCUT2D eigenvalue weighted by Crippen LogP contribution is 2.29. The minimum absolute atomic E-state index is 0.144. The zero-order chi connectivity index (χ0) is 18.3. The van der Waals surface area contributed by atoms with Crippen LogP contribution in [0.1, 0.15) is 57.8 Å². The SMILES string of the molecule is O=C(O)CCCCCCCCCOc1ccccc1SCCC(=O)O. The molecule has 6 heteroatoms. The number of benzene rings is 1. The first-order valence-corrected chi connectivity index (χ1v) is 9.86. The van der Waals surface area contributed by atoms with Gasteiger partial charge in [-0.1, -0.05) is 44.2 Å². The van der Waals surface area contributed by atoms with Gasteiger partial charge in [0.1, 0.15) is 5.75 Å². The lowest BCUT2D eigenvalue weighted by atomic mass is 10.1. The van der Waals surface area contributed by atoms with Crippen molar-refractivity contribution in [1.29, 1.82) is 0 Å². The fourth-order valence-electron chi connectivity index (χ4n) is 2.38. The number of hydrogen-bond acceptors (Lipinski definition) is 4. The highest BCUT2D eigenvalue weighted by atomic mass is 32.2. The molecule has 0 radical (unpaired) electrons. The Morgan fingerprint density at radius 3 is 2.12 bits per heavy atom. The van der Waals surface area contributed by atoms with Crippen LogP contribution in [-0.4, -0.2) is 34.5 Å². The lowest BCUT2D eigenvalue weighted by molar-refractivity contribution is -0.137. The highest BCUT2D eigenvalue weighted by molar-refractivity contribution is 7.99. The molecule has 0 spiro atoms. The summed E-state index contributed by atoms with van der Waals surface area (Å²) >= 11 is 1.51. The van der Waals surface area contributed by atoms with Crippen molar-refractivity contribution in [3.63, 3.8) is 0 Å². The lowest BCUT2D eigenvalue weighted by Crippen LogP contribution is -2.00. The molecule has 0 saturated carbocycles. The minimum atomic E-state index is -0.783. The van der Waals surface area contributed by atoms with E-state index >= 15 is 0 Å². The van der Waals surface area contributed by atoms with Crippen molar-refractivity contribution in [3.05, 3.63) is 24.3 Å². The number of para-hydroxylation sites is 1. The van der Waals surface area contributed by atoms with Crippen LogP contribution >= 0.6 is 11.8 Å². The Morgan fingerprint density at radius 1 is 0.840 bits per heavy atom. The van der Waals surface area contributed by atoms with Crippen LogP contribution in [0.5, 0.6) is 5.75 Å². The van der Waals surface area contributed by atoms with Crippen molar-refractivity contribution >= 4 is 23.7 Å². The van der Waals surface area contributed by atoms with Crippen molar-refractivity contribution in [3.8, 4) is 5.75 Å². The predicted molar refractivity (Wildman–Crippen MR) is 99.5 cm³/mol. The minimum Gasteiger partial charge on any atom is -0.492 e. The summed E-state index contributed by atoms with van der Waals surface area (Å²) < 4.78 is 5.83. The third-order valence-corrected chi connectivity index (χ3v) is 4.77. The molecular weight excluding hydrogens is 340 g/mol. The van der Waals surface area contributed by atoms with Crippen LogP contribution in [0, 0.1) is 0 Å². The van der Waals surface area contributed by atoms with Gasteiger partial charge in [-0.3, -0.25) is 9.59 Å². The Hall–Kier alpha value is -1.69. The number of hydrogen-bond donors (Lipinski definition) is 2. The number of carbonyl (C=O) groups is 2. The van der Waals surface area contributed by atoms with E-state index < -0.39 is 11.9 Å². The maximum atomic E-state index is 10.6. The Kier molecular flexibility index (Phi) is 11.6. The average Bonchev–Trinajstić information content (AvgIpc) is 2.57. The van der Waals surface area contributed by atoms with Crippen molar-refractivity contribution in [1.82, 2.24) is 0 Å². The van der Waals surface area contributed by atoms with Crippen molar-refractivity contribution in [2.45, 2.75) is 62.7 Å². The summed E-state index contributed by atoms with van der Waals surface area (Å²) in [6.45, 7) is 0.662. The highest BCUT2D eigenvalue weighted by Gasteiger charge is 2.05. The number of thioether (sulfide) groups is 1. The Labute approximate surface area is 153 Å². The van der Waals surface area contributed by atoms with E-state index in [0.29, 0.717) is 12.4 Å². The van der Waals surface area contributed by atoms with E-state index in [1.807, 2.05) is 24.3 Å². The summed E-state index contributed by atoms with van der Waals surface area (Å²) in [6.07, 6.45) is 7.65. The third-order valence-electron chi connectivity index (χ3n) is 3.72. The molecule has 0 aliphatic carbocycles. The van der Waals surface area contributed by atoms with Crippen LogP contribution in [-0.2, 0) is 9.59 Å². The van der Waals surface area contributed by atoms with Gasteiger partial charge in [0.15, 0.2) is 0 Å². The number of carboxylic acids is 2. The Bertz CT molecular complexity index is 518. The van der Waals surface area contributed by atoms with Gasteiger partial charge < -0.3 is 14.9 Å². The van der Waals surface area contributed by atoms with Crippen molar-refractivity contribution < 1.29 is 24.5 Å². The van der Waals surface area contributed by atoms with Gasteiger partial charge in [-0.25, -0.2) is 0 Å². The normalized spacial score (nSPS) is 10.6.